The molecule has 1 amide bonds. The van der Waals surface area contributed by atoms with E-state index < -0.39 is 0 Å². The molecule has 3 aromatic carbocycles. The molecule has 1 N–H and O–H groups in total. The number of nitrogens with one attached hydrogen (secondary N) is 1. The number of carbonyl (C=O) groups excluding carboxylic acids is 1. The maximum Gasteiger partial charge on any atom is 0.236 e. The van der Waals surface area contributed by atoms with Crippen LogP contribution in [0.2, 0.25) is 0 Å². The van der Waals surface area contributed by atoms with E-state index >= 15 is 0 Å². The van der Waals surface area contributed by atoms with Crippen LogP contribution in [0.1, 0.15) is 42.4 Å². The summed E-state index contributed by atoms with van der Waals surface area (Å²) in [7, 11) is 0. The zero-order valence-electron chi connectivity index (χ0n) is 15.5. The lowest BCUT2D eigenvalue weighted by atomic mass is 9.90. The normalized spacial score (nSPS) is 10.1. The van der Waals surface area contributed by atoms with E-state index in [0.29, 0.717) is 0 Å². The van der Waals surface area contributed by atoms with Gasteiger partial charge in [-0.2, -0.15) is 0 Å². The van der Waals surface area contributed by atoms with Crippen LogP contribution in [0.4, 0.5) is 5.69 Å². The molecule has 0 saturated heterocycles. The van der Waals surface area contributed by atoms with Crippen molar-refractivity contribution in [1.82, 2.24) is 0 Å². The van der Waals surface area contributed by atoms with Gasteiger partial charge in [-0.05, 0) is 29.7 Å². The number of carbonyl (C=O) groups is 1. The second-order valence-electron chi connectivity index (χ2n) is 6.34. The minimum absolute atomic E-state index is 0.0582. The van der Waals surface area contributed by atoms with Gasteiger partial charge in [0.2, 0.25) is 5.91 Å². The smallest absolute Gasteiger partial charge is 0.236 e. The van der Waals surface area contributed by atoms with Gasteiger partial charge in [0, 0.05) is 12.0 Å². The lowest BCUT2D eigenvalue weighted by Gasteiger charge is -2.18. The van der Waals surface area contributed by atoms with Gasteiger partial charge < -0.3 is 5.32 Å². The number of anilines is 1. The van der Waals surface area contributed by atoms with Crippen LogP contribution < -0.4 is 5.32 Å². The summed E-state index contributed by atoms with van der Waals surface area (Å²) in [6.07, 6.45) is 1.87. The van der Waals surface area contributed by atoms with Gasteiger partial charge in [-0.25, -0.2) is 0 Å². The Bertz CT molecular complexity index is 897. The molecular weight excluding hydrogens is 330 g/mol. The molecule has 0 unspecified atom stereocenters. The van der Waals surface area contributed by atoms with E-state index in [1.54, 1.807) is 0 Å². The monoisotopic (exact) mass is 353 g/mol. The standard InChI is InChI=1S/C25H23NO/c1-2-3-6-13-20-14-11-12-19-23(20)26-25(27)24(21-15-7-4-8-16-21)22-17-9-5-10-18-22/h4-5,7-12,14-19,24H,2-3H2,1H3,(H,26,27). The van der Waals surface area contributed by atoms with E-state index in [2.05, 4.69) is 24.1 Å². The van der Waals surface area contributed by atoms with Crippen LogP contribution in [0.3, 0.4) is 0 Å². The first kappa shape index (κ1) is 18.5. The van der Waals surface area contributed by atoms with Gasteiger partial charge in [0.1, 0.15) is 0 Å². The van der Waals surface area contributed by atoms with E-state index in [9.17, 15) is 4.79 Å². The summed E-state index contributed by atoms with van der Waals surface area (Å²) in [5.41, 5.74) is 3.54. The fourth-order valence-corrected chi connectivity index (χ4v) is 2.97. The van der Waals surface area contributed by atoms with Crippen molar-refractivity contribution in [3.05, 3.63) is 102 Å². The Morgan fingerprint density at radius 1 is 0.852 bits per heavy atom. The van der Waals surface area contributed by atoms with Crippen LogP contribution >= 0.6 is 0 Å². The molecule has 3 aromatic rings. The molecule has 0 heterocycles. The third-order valence-corrected chi connectivity index (χ3v) is 4.31. The first-order chi connectivity index (χ1) is 13.3. The van der Waals surface area contributed by atoms with Crippen molar-refractivity contribution in [2.45, 2.75) is 25.7 Å². The molecule has 3 rings (SSSR count). The number of hydrogen-bond donors (Lipinski definition) is 1. The van der Waals surface area contributed by atoms with E-state index in [1.807, 2.05) is 84.9 Å². The quantitative estimate of drug-likeness (QED) is 0.594. The third kappa shape index (κ3) is 4.86. The minimum Gasteiger partial charge on any atom is -0.324 e. The first-order valence-electron chi connectivity index (χ1n) is 9.28. The van der Waals surface area contributed by atoms with Crippen molar-refractivity contribution in [2.75, 3.05) is 5.32 Å². The molecule has 27 heavy (non-hydrogen) atoms. The molecule has 0 fully saturated rings. The zero-order chi connectivity index (χ0) is 18.9. The Kier molecular flexibility index (Phi) is 6.44. The second kappa shape index (κ2) is 9.40. The molecule has 0 radical (unpaired) electrons. The molecule has 0 bridgehead atoms. The fraction of sp³-hybridized carbons (Fsp3) is 0.160. The van der Waals surface area contributed by atoms with Crippen molar-refractivity contribution in [3.63, 3.8) is 0 Å². The van der Waals surface area contributed by atoms with E-state index in [0.717, 1.165) is 35.2 Å². The van der Waals surface area contributed by atoms with E-state index in [4.69, 9.17) is 0 Å². The molecule has 2 nitrogen and oxygen atoms in total. The summed E-state index contributed by atoms with van der Waals surface area (Å²) in [5, 5.41) is 3.09. The maximum atomic E-state index is 13.2. The fourth-order valence-electron chi connectivity index (χ4n) is 2.97. The van der Waals surface area contributed by atoms with Gasteiger partial charge in [0.15, 0.2) is 0 Å². The Morgan fingerprint density at radius 3 is 2.00 bits per heavy atom. The number of benzene rings is 3. The van der Waals surface area contributed by atoms with Gasteiger partial charge >= 0.3 is 0 Å². The Morgan fingerprint density at radius 2 is 1.41 bits per heavy atom. The summed E-state index contributed by atoms with van der Waals surface area (Å²) in [6, 6.07) is 27.4. The average Bonchev–Trinajstić information content (AvgIpc) is 2.71. The Labute approximate surface area is 161 Å². The number of hydrogen-bond acceptors (Lipinski definition) is 1. The van der Waals surface area contributed by atoms with Gasteiger partial charge in [0.25, 0.3) is 0 Å². The van der Waals surface area contributed by atoms with Crippen molar-refractivity contribution >= 4 is 11.6 Å². The third-order valence-electron chi connectivity index (χ3n) is 4.31. The number of unbranched alkanes of at least 4 members (excludes halogenated alkanes) is 1. The molecule has 0 aliphatic carbocycles. The molecule has 0 aromatic heterocycles. The summed E-state index contributed by atoms with van der Waals surface area (Å²) in [6.45, 7) is 2.10. The van der Waals surface area contributed by atoms with Crippen molar-refractivity contribution < 1.29 is 4.79 Å². The molecule has 0 aliphatic rings. The van der Waals surface area contributed by atoms with Crippen LogP contribution in [0.15, 0.2) is 84.9 Å². The lowest BCUT2D eigenvalue weighted by molar-refractivity contribution is -0.116. The van der Waals surface area contributed by atoms with Crippen LogP contribution in [-0.4, -0.2) is 5.91 Å². The number of para-hydroxylation sites is 1. The first-order valence-corrected chi connectivity index (χ1v) is 9.28. The highest BCUT2D eigenvalue weighted by Crippen LogP contribution is 2.27. The summed E-state index contributed by atoms with van der Waals surface area (Å²) in [5.74, 6) is 5.90. The highest BCUT2D eigenvalue weighted by molar-refractivity contribution is 5.99. The molecule has 134 valence electrons. The second-order valence-corrected chi connectivity index (χ2v) is 6.34. The van der Waals surface area contributed by atoms with Gasteiger partial charge in [-0.3, -0.25) is 4.79 Å². The topological polar surface area (TPSA) is 29.1 Å². The summed E-state index contributed by atoms with van der Waals surface area (Å²) >= 11 is 0. The molecular formula is C25H23NO. The van der Waals surface area contributed by atoms with Crippen LogP contribution in [0.25, 0.3) is 0 Å². The molecule has 0 spiro atoms. The molecule has 0 saturated carbocycles. The Balaban J connectivity index is 1.92. The van der Waals surface area contributed by atoms with E-state index in [-0.39, 0.29) is 11.8 Å². The highest BCUT2D eigenvalue weighted by Gasteiger charge is 2.23. The maximum absolute atomic E-state index is 13.2. The van der Waals surface area contributed by atoms with Gasteiger partial charge in [0.05, 0.1) is 11.6 Å². The summed E-state index contributed by atoms with van der Waals surface area (Å²) in [4.78, 5) is 13.2. The zero-order valence-corrected chi connectivity index (χ0v) is 15.5. The predicted molar refractivity (Wildman–Crippen MR) is 112 cm³/mol. The molecule has 0 aliphatic heterocycles. The van der Waals surface area contributed by atoms with Crippen molar-refractivity contribution in [3.8, 4) is 11.8 Å². The van der Waals surface area contributed by atoms with Crippen molar-refractivity contribution in [2.24, 2.45) is 0 Å². The minimum atomic E-state index is -0.371. The van der Waals surface area contributed by atoms with Crippen LogP contribution in [0, 0.1) is 11.8 Å². The average molecular weight is 353 g/mol. The number of rotatable bonds is 5. The van der Waals surface area contributed by atoms with Gasteiger partial charge in [-0.1, -0.05) is 91.6 Å². The largest absolute Gasteiger partial charge is 0.324 e. The summed E-state index contributed by atoms with van der Waals surface area (Å²) < 4.78 is 0. The lowest BCUT2D eigenvalue weighted by Crippen LogP contribution is -2.22. The number of amides is 1. The SMILES string of the molecule is CCCC#Cc1ccccc1NC(=O)C(c1ccccc1)c1ccccc1. The predicted octanol–water partition coefficient (Wildman–Crippen LogP) is 5.61. The Hall–Kier alpha value is -3.31. The highest BCUT2D eigenvalue weighted by atomic mass is 16.1. The molecule has 0 atom stereocenters. The molecule has 2 heteroatoms. The van der Waals surface area contributed by atoms with Crippen LogP contribution in [-0.2, 0) is 4.79 Å². The van der Waals surface area contributed by atoms with Crippen LogP contribution in [0.5, 0.6) is 0 Å². The van der Waals surface area contributed by atoms with Crippen molar-refractivity contribution in [1.29, 1.82) is 0 Å². The van der Waals surface area contributed by atoms with E-state index in [1.165, 1.54) is 0 Å². The van der Waals surface area contributed by atoms with Gasteiger partial charge in [-0.15, -0.1) is 0 Å².